The van der Waals surface area contributed by atoms with Crippen molar-refractivity contribution in [2.45, 2.75) is 12.8 Å². The van der Waals surface area contributed by atoms with Crippen LogP contribution in [0.1, 0.15) is 12.8 Å². The number of hydrogen-bond acceptors (Lipinski definition) is 5. The number of aliphatic hydroxyl groups is 1. The van der Waals surface area contributed by atoms with Crippen molar-refractivity contribution in [2.24, 2.45) is 0 Å². The molecule has 0 atom stereocenters. The fourth-order valence-corrected chi connectivity index (χ4v) is 0.743. The summed E-state index contributed by atoms with van der Waals surface area (Å²) in [6.45, 7) is -0.157. The molecule has 0 aromatic heterocycles. The fraction of sp³-hybridized carbons (Fsp3) is 1.00. The summed E-state index contributed by atoms with van der Waals surface area (Å²) in [5.74, 6) is 0. The monoisotopic (exact) mass is 208 g/mol. The van der Waals surface area contributed by atoms with Gasteiger partial charge in [0, 0.05) is 6.61 Å². The first-order valence-electron chi connectivity index (χ1n) is 2.84. The van der Waals surface area contributed by atoms with E-state index in [4.69, 9.17) is 5.11 Å². The van der Waals surface area contributed by atoms with E-state index in [1.807, 2.05) is 0 Å². The maximum atomic E-state index is 9.78. The third-order valence-corrected chi connectivity index (χ3v) is 1.30. The molecule has 7 heteroatoms. The molecule has 5 nitrogen and oxygen atoms in total. The third kappa shape index (κ3) is 14.2. The number of unbranched alkanes of at least 4 members (excludes halogenated alkanes) is 1. The molecule has 0 spiro atoms. The molecule has 0 saturated heterocycles. The zero-order valence-corrected chi connectivity index (χ0v) is 9.17. The molecule has 0 amide bonds. The molecule has 0 unspecified atom stereocenters. The van der Waals surface area contributed by atoms with Gasteiger partial charge in [0.05, 0.1) is 14.4 Å². The normalized spacial score (nSPS) is 10.8. The van der Waals surface area contributed by atoms with Crippen LogP contribution in [0.3, 0.4) is 0 Å². The molecule has 0 heterocycles. The molecular formula is C4H9CaO5P. The maximum Gasteiger partial charge on any atom is 2.00 e. The Balaban J connectivity index is 0. The number of rotatable bonds is 5. The SMILES string of the molecule is O=P([O-])([O-])OCCCCO.[Ca+2]. The Morgan fingerprint density at radius 1 is 1.36 bits per heavy atom. The second kappa shape index (κ2) is 7.95. The molecule has 0 aliphatic rings. The first kappa shape index (κ1) is 14.8. The Morgan fingerprint density at radius 2 is 1.91 bits per heavy atom. The van der Waals surface area contributed by atoms with E-state index < -0.39 is 7.82 Å². The predicted octanol–water partition coefficient (Wildman–Crippen LogP) is -1.78. The number of phosphoric acid groups is 1. The molecule has 11 heavy (non-hydrogen) atoms. The molecule has 0 aliphatic carbocycles. The van der Waals surface area contributed by atoms with Gasteiger partial charge < -0.3 is 24.0 Å². The van der Waals surface area contributed by atoms with Crippen LogP contribution in [0.4, 0.5) is 0 Å². The Hall–Kier alpha value is 1.33. The minimum atomic E-state index is -4.79. The molecule has 0 fully saturated rings. The van der Waals surface area contributed by atoms with Gasteiger partial charge in [-0.05, 0) is 12.8 Å². The molecule has 0 bridgehead atoms. The van der Waals surface area contributed by atoms with E-state index in [0.717, 1.165) is 0 Å². The Morgan fingerprint density at radius 3 is 2.27 bits per heavy atom. The van der Waals surface area contributed by atoms with Crippen LogP contribution in [0.2, 0.25) is 0 Å². The summed E-state index contributed by atoms with van der Waals surface area (Å²) < 4.78 is 13.6. The molecule has 62 valence electrons. The Labute approximate surface area is 95.0 Å². The van der Waals surface area contributed by atoms with Crippen molar-refractivity contribution < 1.29 is 24.0 Å². The van der Waals surface area contributed by atoms with Gasteiger partial charge in [0.1, 0.15) is 0 Å². The van der Waals surface area contributed by atoms with Gasteiger partial charge in [0.2, 0.25) is 0 Å². The first-order chi connectivity index (χ1) is 4.56. The molecule has 0 radical (unpaired) electrons. The van der Waals surface area contributed by atoms with Crippen molar-refractivity contribution in [1.29, 1.82) is 0 Å². The molecule has 0 saturated carbocycles. The first-order valence-corrected chi connectivity index (χ1v) is 4.30. The van der Waals surface area contributed by atoms with Crippen LogP contribution in [0, 0.1) is 0 Å². The summed E-state index contributed by atoms with van der Waals surface area (Å²) in [5.41, 5.74) is 0. The summed E-state index contributed by atoms with van der Waals surface area (Å²) >= 11 is 0. The standard InChI is InChI=1S/C4H11O5P.Ca/c5-3-1-2-4-9-10(6,7)8;/h5H,1-4H2,(H2,6,7,8);/q;+2/p-2. The van der Waals surface area contributed by atoms with E-state index in [1.54, 1.807) is 0 Å². The van der Waals surface area contributed by atoms with Crippen LogP contribution in [-0.2, 0) is 9.09 Å². The van der Waals surface area contributed by atoms with E-state index in [9.17, 15) is 14.4 Å². The van der Waals surface area contributed by atoms with Crippen LogP contribution in [0.15, 0.2) is 0 Å². The van der Waals surface area contributed by atoms with Gasteiger partial charge in [-0.1, -0.05) is 0 Å². The van der Waals surface area contributed by atoms with Crippen molar-refractivity contribution in [2.75, 3.05) is 13.2 Å². The van der Waals surface area contributed by atoms with E-state index in [2.05, 4.69) is 4.52 Å². The van der Waals surface area contributed by atoms with E-state index in [1.165, 1.54) is 0 Å². The summed E-state index contributed by atoms with van der Waals surface area (Å²) in [6.07, 6.45) is 0.824. The molecule has 0 rings (SSSR count). The second-order valence-electron chi connectivity index (χ2n) is 1.71. The fourth-order valence-electron chi connectivity index (χ4n) is 0.390. The van der Waals surface area contributed by atoms with E-state index in [-0.39, 0.29) is 51.0 Å². The van der Waals surface area contributed by atoms with E-state index in [0.29, 0.717) is 12.8 Å². The molecule has 1 N–H and O–H groups in total. The quantitative estimate of drug-likeness (QED) is 0.327. The molecule has 0 aromatic rings. The number of aliphatic hydroxyl groups excluding tert-OH is 1. The third-order valence-electron chi connectivity index (χ3n) is 0.802. The van der Waals surface area contributed by atoms with Crippen molar-refractivity contribution in [3.05, 3.63) is 0 Å². The number of hydrogen-bond donors (Lipinski definition) is 1. The summed E-state index contributed by atoms with van der Waals surface area (Å²) in [5, 5.41) is 8.21. The van der Waals surface area contributed by atoms with Crippen molar-refractivity contribution in [1.82, 2.24) is 0 Å². The van der Waals surface area contributed by atoms with Gasteiger partial charge in [0.25, 0.3) is 0 Å². The zero-order valence-electron chi connectivity index (χ0n) is 6.06. The Bertz CT molecular complexity index is 124. The molecule has 0 aliphatic heterocycles. The van der Waals surface area contributed by atoms with Crippen molar-refractivity contribution in [3.63, 3.8) is 0 Å². The zero-order chi connectivity index (χ0) is 8.04. The summed E-state index contributed by atoms with van der Waals surface area (Å²) in [7, 11) is -4.79. The smallest absolute Gasteiger partial charge is 0.790 e. The van der Waals surface area contributed by atoms with Gasteiger partial charge in [-0.2, -0.15) is 0 Å². The maximum absolute atomic E-state index is 9.78. The molecule has 0 aromatic carbocycles. The largest absolute Gasteiger partial charge is 2.00 e. The van der Waals surface area contributed by atoms with Gasteiger partial charge in [-0.25, -0.2) is 0 Å². The summed E-state index contributed by atoms with van der Waals surface area (Å²) in [4.78, 5) is 19.6. The topological polar surface area (TPSA) is 92.7 Å². The van der Waals surface area contributed by atoms with Crippen molar-refractivity contribution >= 4 is 45.6 Å². The number of phosphoric ester groups is 1. The minimum Gasteiger partial charge on any atom is -0.790 e. The van der Waals surface area contributed by atoms with Crippen LogP contribution >= 0.6 is 7.82 Å². The second-order valence-corrected chi connectivity index (χ2v) is 2.86. The van der Waals surface area contributed by atoms with Crippen molar-refractivity contribution in [3.8, 4) is 0 Å². The van der Waals surface area contributed by atoms with Gasteiger partial charge >= 0.3 is 37.7 Å². The average Bonchev–Trinajstić information content (AvgIpc) is 1.78. The van der Waals surface area contributed by atoms with Gasteiger partial charge in [0.15, 0.2) is 0 Å². The van der Waals surface area contributed by atoms with E-state index >= 15 is 0 Å². The van der Waals surface area contributed by atoms with Crippen LogP contribution in [0.5, 0.6) is 0 Å². The van der Waals surface area contributed by atoms with Crippen LogP contribution in [-0.4, -0.2) is 56.1 Å². The van der Waals surface area contributed by atoms with Crippen LogP contribution in [0.25, 0.3) is 0 Å². The van der Waals surface area contributed by atoms with Gasteiger partial charge in [-0.15, -0.1) is 0 Å². The Kier molecular flexibility index (Phi) is 10.7. The van der Waals surface area contributed by atoms with Crippen LogP contribution < -0.4 is 9.79 Å². The molecular weight excluding hydrogens is 199 g/mol. The minimum absolute atomic E-state index is 0. The van der Waals surface area contributed by atoms with Gasteiger partial charge in [-0.3, -0.25) is 0 Å². The summed E-state index contributed by atoms with van der Waals surface area (Å²) in [6, 6.07) is 0. The predicted molar refractivity (Wildman–Crippen MR) is 35.6 cm³/mol. The average molecular weight is 208 g/mol.